The van der Waals surface area contributed by atoms with Crippen LogP contribution in [-0.4, -0.2) is 24.7 Å². The molecule has 1 aromatic carbocycles. The van der Waals surface area contributed by atoms with E-state index in [1.165, 1.54) is 24.1 Å². The summed E-state index contributed by atoms with van der Waals surface area (Å²) >= 11 is 0. The van der Waals surface area contributed by atoms with Gasteiger partial charge in [0.25, 0.3) is 0 Å². The van der Waals surface area contributed by atoms with Crippen LogP contribution in [0.3, 0.4) is 0 Å². The van der Waals surface area contributed by atoms with Crippen molar-refractivity contribution < 1.29 is 0 Å². The van der Waals surface area contributed by atoms with Crippen LogP contribution < -0.4 is 10.2 Å². The van der Waals surface area contributed by atoms with E-state index < -0.39 is 0 Å². The van der Waals surface area contributed by atoms with Gasteiger partial charge >= 0.3 is 0 Å². The zero-order chi connectivity index (χ0) is 12.8. The average molecular weight is 244 g/mol. The first kappa shape index (κ1) is 12.0. The molecule has 0 spiro atoms. The summed E-state index contributed by atoms with van der Waals surface area (Å²) in [6.07, 6.45) is 2.80. The van der Waals surface area contributed by atoms with Crippen molar-refractivity contribution in [2.75, 3.05) is 18.0 Å². The molecule has 2 atom stereocenters. The summed E-state index contributed by atoms with van der Waals surface area (Å²) in [5.74, 6) is 0.886. The molecule has 1 saturated heterocycles. The molecule has 3 rings (SSSR count). The van der Waals surface area contributed by atoms with Gasteiger partial charge in [-0.05, 0) is 51.2 Å². The van der Waals surface area contributed by atoms with Gasteiger partial charge in [-0.3, -0.25) is 0 Å². The number of nitrogens with one attached hydrogen (secondary N) is 1. The van der Waals surface area contributed by atoms with E-state index in [0.717, 1.165) is 19.0 Å². The largest absolute Gasteiger partial charge is 0.365 e. The Bertz CT molecular complexity index is 438. The first-order valence-electron chi connectivity index (χ1n) is 7.17. The fourth-order valence-corrected chi connectivity index (χ4v) is 3.26. The van der Waals surface area contributed by atoms with Gasteiger partial charge in [-0.1, -0.05) is 18.2 Å². The average Bonchev–Trinajstić information content (AvgIpc) is 3.18. The summed E-state index contributed by atoms with van der Waals surface area (Å²) in [7, 11) is 0. The molecule has 2 unspecified atom stereocenters. The van der Waals surface area contributed by atoms with E-state index in [1.807, 2.05) is 0 Å². The van der Waals surface area contributed by atoms with Gasteiger partial charge in [0.15, 0.2) is 0 Å². The highest BCUT2D eigenvalue weighted by Gasteiger charge is 2.45. The van der Waals surface area contributed by atoms with Crippen LogP contribution in [0.4, 0.5) is 5.69 Å². The molecular weight excluding hydrogens is 220 g/mol. The molecule has 0 radical (unpaired) electrons. The first-order chi connectivity index (χ1) is 8.60. The lowest BCUT2D eigenvalue weighted by Crippen LogP contribution is -2.63. The number of anilines is 1. The Balaban J connectivity index is 1.87. The van der Waals surface area contributed by atoms with E-state index in [-0.39, 0.29) is 0 Å². The van der Waals surface area contributed by atoms with E-state index in [1.54, 1.807) is 0 Å². The predicted octanol–water partition coefficient (Wildman–Crippen LogP) is 2.96. The molecule has 1 N–H and O–H groups in total. The lowest BCUT2D eigenvalue weighted by molar-refractivity contribution is 0.260. The lowest BCUT2D eigenvalue weighted by Gasteiger charge is -2.47. The molecule has 2 nitrogen and oxygen atoms in total. The van der Waals surface area contributed by atoms with Gasteiger partial charge in [0, 0.05) is 30.4 Å². The van der Waals surface area contributed by atoms with Gasteiger partial charge in [-0.15, -0.1) is 0 Å². The van der Waals surface area contributed by atoms with Crippen LogP contribution in [0.2, 0.25) is 0 Å². The van der Waals surface area contributed by atoms with Crippen LogP contribution in [0, 0.1) is 12.8 Å². The first-order valence-corrected chi connectivity index (χ1v) is 7.17. The number of aryl methyl sites for hydroxylation is 1. The predicted molar refractivity (Wildman–Crippen MR) is 77.1 cm³/mol. The van der Waals surface area contributed by atoms with Crippen LogP contribution >= 0.6 is 0 Å². The molecule has 1 aliphatic carbocycles. The van der Waals surface area contributed by atoms with Crippen molar-refractivity contribution in [3.8, 4) is 0 Å². The van der Waals surface area contributed by atoms with Crippen LogP contribution in [0.5, 0.6) is 0 Å². The van der Waals surface area contributed by atoms with Gasteiger partial charge in [0.05, 0.1) is 0 Å². The third-order valence-electron chi connectivity index (χ3n) is 4.74. The van der Waals surface area contributed by atoms with E-state index in [0.29, 0.717) is 11.6 Å². The highest BCUT2D eigenvalue weighted by molar-refractivity contribution is 5.54. The van der Waals surface area contributed by atoms with Crippen molar-refractivity contribution >= 4 is 5.69 Å². The zero-order valence-electron chi connectivity index (χ0n) is 11.7. The van der Waals surface area contributed by atoms with Crippen molar-refractivity contribution in [1.29, 1.82) is 0 Å². The monoisotopic (exact) mass is 244 g/mol. The lowest BCUT2D eigenvalue weighted by atomic mass is 9.90. The smallest absolute Gasteiger partial charge is 0.0399 e. The Labute approximate surface area is 110 Å². The molecule has 1 heterocycles. The van der Waals surface area contributed by atoms with Crippen molar-refractivity contribution in [3.63, 3.8) is 0 Å². The topological polar surface area (TPSA) is 15.3 Å². The number of benzene rings is 1. The maximum atomic E-state index is 3.78. The standard InChI is InChI=1S/C16H24N2/c1-12-6-4-5-7-15(12)18-11-16(3,14-8-9-14)17-10-13(18)2/h4-7,13-14,17H,8-11H2,1-3H3. The van der Waals surface area contributed by atoms with E-state index >= 15 is 0 Å². The fraction of sp³-hybridized carbons (Fsp3) is 0.625. The highest BCUT2D eigenvalue weighted by atomic mass is 15.3. The molecule has 1 saturated carbocycles. The summed E-state index contributed by atoms with van der Waals surface area (Å²) in [6.45, 7) is 9.19. The summed E-state index contributed by atoms with van der Waals surface area (Å²) in [5.41, 5.74) is 3.12. The van der Waals surface area contributed by atoms with Gasteiger partial charge in [-0.25, -0.2) is 0 Å². The Hall–Kier alpha value is -1.02. The third kappa shape index (κ3) is 2.03. The number of piperazine rings is 1. The fourth-order valence-electron chi connectivity index (χ4n) is 3.26. The van der Waals surface area contributed by atoms with Gasteiger partial charge in [0.2, 0.25) is 0 Å². The van der Waals surface area contributed by atoms with Crippen molar-refractivity contribution in [2.45, 2.75) is 45.2 Å². The van der Waals surface area contributed by atoms with Crippen LogP contribution in [0.15, 0.2) is 24.3 Å². The maximum absolute atomic E-state index is 3.78. The molecule has 0 aromatic heterocycles. The van der Waals surface area contributed by atoms with E-state index in [2.05, 4.69) is 55.3 Å². The zero-order valence-corrected chi connectivity index (χ0v) is 11.7. The van der Waals surface area contributed by atoms with Crippen molar-refractivity contribution in [3.05, 3.63) is 29.8 Å². The molecular formula is C16H24N2. The SMILES string of the molecule is Cc1ccccc1N1CC(C)(C2CC2)NCC1C. The molecule has 2 fully saturated rings. The van der Waals surface area contributed by atoms with Gasteiger partial charge < -0.3 is 10.2 Å². The minimum atomic E-state index is 0.314. The summed E-state index contributed by atoms with van der Waals surface area (Å²) in [4.78, 5) is 2.60. The molecule has 18 heavy (non-hydrogen) atoms. The summed E-state index contributed by atoms with van der Waals surface area (Å²) < 4.78 is 0. The summed E-state index contributed by atoms with van der Waals surface area (Å²) in [5, 5.41) is 3.78. The highest BCUT2D eigenvalue weighted by Crippen LogP contribution is 2.42. The molecule has 2 heteroatoms. The molecule has 0 bridgehead atoms. The number of nitrogens with zero attached hydrogens (tertiary/aromatic N) is 1. The molecule has 2 aliphatic rings. The van der Waals surface area contributed by atoms with Gasteiger partial charge in [0.1, 0.15) is 0 Å². The van der Waals surface area contributed by atoms with Crippen LogP contribution in [-0.2, 0) is 0 Å². The third-order valence-corrected chi connectivity index (χ3v) is 4.74. The Morgan fingerprint density at radius 1 is 1.28 bits per heavy atom. The maximum Gasteiger partial charge on any atom is 0.0399 e. The second kappa shape index (κ2) is 4.27. The number of hydrogen-bond acceptors (Lipinski definition) is 2. The van der Waals surface area contributed by atoms with E-state index in [4.69, 9.17) is 0 Å². The Morgan fingerprint density at radius 3 is 2.67 bits per heavy atom. The Morgan fingerprint density at radius 2 is 2.00 bits per heavy atom. The minimum Gasteiger partial charge on any atom is -0.365 e. The van der Waals surface area contributed by atoms with Crippen molar-refractivity contribution in [2.24, 2.45) is 5.92 Å². The van der Waals surface area contributed by atoms with Crippen LogP contribution in [0.1, 0.15) is 32.3 Å². The van der Waals surface area contributed by atoms with Gasteiger partial charge in [-0.2, -0.15) is 0 Å². The Kier molecular flexibility index (Phi) is 2.86. The second-order valence-corrected chi connectivity index (χ2v) is 6.34. The van der Waals surface area contributed by atoms with E-state index in [9.17, 15) is 0 Å². The summed E-state index contributed by atoms with van der Waals surface area (Å²) in [6, 6.07) is 9.36. The van der Waals surface area contributed by atoms with Crippen LogP contribution in [0.25, 0.3) is 0 Å². The minimum absolute atomic E-state index is 0.314. The number of hydrogen-bond donors (Lipinski definition) is 1. The normalized spacial score (nSPS) is 32.6. The quantitative estimate of drug-likeness (QED) is 0.860. The molecule has 98 valence electrons. The number of para-hydroxylation sites is 1. The molecule has 0 amide bonds. The molecule has 1 aliphatic heterocycles. The number of rotatable bonds is 2. The second-order valence-electron chi connectivity index (χ2n) is 6.34. The van der Waals surface area contributed by atoms with Crippen molar-refractivity contribution in [1.82, 2.24) is 5.32 Å². The molecule has 1 aromatic rings.